The van der Waals surface area contributed by atoms with Gasteiger partial charge in [0.1, 0.15) is 5.82 Å². The van der Waals surface area contributed by atoms with Crippen molar-refractivity contribution in [2.75, 3.05) is 19.3 Å². The standard InChI is InChI=1S/C16H21FN2O3S/c1-23(21,22)18-12-15-4-2-3-11-19(15)16(20)10-7-13-5-8-14(17)9-6-13/h5-10,15,18H,2-4,11-12H2,1H3/b10-7+/t15-/m0/s1. The van der Waals surface area contributed by atoms with E-state index >= 15 is 0 Å². The quantitative estimate of drug-likeness (QED) is 0.831. The summed E-state index contributed by atoms with van der Waals surface area (Å²) < 4.78 is 37.8. The highest BCUT2D eigenvalue weighted by atomic mass is 32.2. The summed E-state index contributed by atoms with van der Waals surface area (Å²) in [5, 5.41) is 0. The largest absolute Gasteiger partial charge is 0.335 e. The highest BCUT2D eigenvalue weighted by Gasteiger charge is 2.25. The predicted octanol–water partition coefficient (Wildman–Crippen LogP) is 1.77. The molecule has 1 aromatic rings. The maximum atomic E-state index is 12.9. The fourth-order valence-corrected chi connectivity index (χ4v) is 3.08. The fraction of sp³-hybridized carbons (Fsp3) is 0.438. The Morgan fingerprint density at radius 1 is 1.35 bits per heavy atom. The van der Waals surface area contributed by atoms with Crippen LogP contribution in [0.4, 0.5) is 4.39 Å². The fourth-order valence-electron chi connectivity index (χ4n) is 2.59. The Balaban J connectivity index is 2.01. The molecule has 1 aliphatic rings. The number of nitrogens with one attached hydrogen (secondary N) is 1. The van der Waals surface area contributed by atoms with Crippen molar-refractivity contribution >= 4 is 22.0 Å². The third-order valence-corrected chi connectivity index (χ3v) is 4.47. The molecule has 1 aliphatic heterocycles. The molecule has 0 radical (unpaired) electrons. The minimum atomic E-state index is -3.27. The number of carbonyl (C=O) groups is 1. The van der Waals surface area contributed by atoms with Crippen LogP contribution in [0.5, 0.6) is 0 Å². The molecule has 0 saturated carbocycles. The Morgan fingerprint density at radius 3 is 2.70 bits per heavy atom. The monoisotopic (exact) mass is 340 g/mol. The molecule has 1 N–H and O–H groups in total. The molecule has 0 spiro atoms. The van der Waals surface area contributed by atoms with Gasteiger partial charge >= 0.3 is 0 Å². The van der Waals surface area contributed by atoms with Crippen molar-refractivity contribution in [1.29, 1.82) is 0 Å². The second kappa shape index (κ2) is 7.70. The van der Waals surface area contributed by atoms with E-state index in [9.17, 15) is 17.6 Å². The van der Waals surface area contributed by atoms with Gasteiger partial charge in [0.05, 0.1) is 6.26 Å². The first kappa shape index (κ1) is 17.6. The average molecular weight is 340 g/mol. The zero-order chi connectivity index (χ0) is 16.9. The van der Waals surface area contributed by atoms with Gasteiger partial charge in [0.2, 0.25) is 15.9 Å². The number of nitrogens with zero attached hydrogens (tertiary/aromatic N) is 1. The second-order valence-corrected chi connectivity index (χ2v) is 7.52. The van der Waals surface area contributed by atoms with E-state index in [1.165, 1.54) is 18.2 Å². The maximum absolute atomic E-state index is 12.9. The Kier molecular flexibility index (Phi) is 5.90. The molecule has 0 bridgehead atoms. The van der Waals surface area contributed by atoms with Crippen molar-refractivity contribution in [3.8, 4) is 0 Å². The number of sulfonamides is 1. The van der Waals surface area contributed by atoms with E-state index in [0.717, 1.165) is 31.1 Å². The highest BCUT2D eigenvalue weighted by Crippen LogP contribution is 2.17. The van der Waals surface area contributed by atoms with Crippen molar-refractivity contribution in [3.05, 3.63) is 41.7 Å². The Labute approximate surface area is 136 Å². The Bertz CT molecular complexity index is 671. The Morgan fingerprint density at radius 2 is 2.04 bits per heavy atom. The molecular formula is C16H21FN2O3S. The number of carbonyl (C=O) groups excluding carboxylic acids is 1. The number of hydrogen-bond acceptors (Lipinski definition) is 3. The molecule has 1 amide bonds. The van der Waals surface area contributed by atoms with E-state index in [1.54, 1.807) is 23.1 Å². The van der Waals surface area contributed by atoms with Gasteiger partial charge in [-0.15, -0.1) is 0 Å². The second-order valence-electron chi connectivity index (χ2n) is 5.69. The molecule has 1 heterocycles. The van der Waals surface area contributed by atoms with E-state index in [1.807, 2.05) is 0 Å². The third-order valence-electron chi connectivity index (χ3n) is 3.78. The van der Waals surface area contributed by atoms with Gasteiger partial charge in [-0.3, -0.25) is 4.79 Å². The van der Waals surface area contributed by atoms with Crippen molar-refractivity contribution in [2.45, 2.75) is 25.3 Å². The average Bonchev–Trinajstić information content (AvgIpc) is 2.52. The lowest BCUT2D eigenvalue weighted by molar-refractivity contribution is -0.129. The maximum Gasteiger partial charge on any atom is 0.246 e. The van der Waals surface area contributed by atoms with Gasteiger partial charge < -0.3 is 4.90 Å². The third kappa shape index (κ3) is 5.76. The summed E-state index contributed by atoms with van der Waals surface area (Å²) in [6.45, 7) is 0.845. The molecule has 1 aromatic carbocycles. The lowest BCUT2D eigenvalue weighted by Gasteiger charge is -2.35. The molecule has 0 aliphatic carbocycles. The number of piperidine rings is 1. The molecular weight excluding hydrogens is 319 g/mol. The first-order valence-corrected chi connectivity index (χ1v) is 9.43. The molecule has 7 heteroatoms. The van der Waals surface area contributed by atoms with Crippen LogP contribution in [0, 0.1) is 5.82 Å². The number of amides is 1. The van der Waals surface area contributed by atoms with Gasteiger partial charge in [-0.1, -0.05) is 12.1 Å². The van der Waals surface area contributed by atoms with E-state index in [0.29, 0.717) is 6.54 Å². The summed E-state index contributed by atoms with van der Waals surface area (Å²) in [6, 6.07) is 5.73. The SMILES string of the molecule is CS(=O)(=O)NC[C@@H]1CCCCN1C(=O)/C=C/c1ccc(F)cc1. The molecule has 126 valence electrons. The Hall–Kier alpha value is -1.73. The van der Waals surface area contributed by atoms with Crippen molar-refractivity contribution in [2.24, 2.45) is 0 Å². The lowest BCUT2D eigenvalue weighted by atomic mass is 10.0. The predicted molar refractivity (Wildman–Crippen MR) is 87.6 cm³/mol. The van der Waals surface area contributed by atoms with Gasteiger partial charge in [-0.2, -0.15) is 0 Å². The summed E-state index contributed by atoms with van der Waals surface area (Å²) in [5.74, 6) is -0.481. The van der Waals surface area contributed by atoms with Gasteiger partial charge in [0.15, 0.2) is 0 Å². The summed E-state index contributed by atoms with van der Waals surface area (Å²) in [5.41, 5.74) is 0.738. The van der Waals surface area contributed by atoms with Crippen LogP contribution in [0.3, 0.4) is 0 Å². The lowest BCUT2D eigenvalue weighted by Crippen LogP contribution is -2.48. The minimum absolute atomic E-state index is 0.135. The van der Waals surface area contributed by atoms with E-state index in [-0.39, 0.29) is 24.3 Å². The minimum Gasteiger partial charge on any atom is -0.335 e. The number of halogens is 1. The molecule has 0 unspecified atom stereocenters. The zero-order valence-electron chi connectivity index (χ0n) is 13.0. The van der Waals surface area contributed by atoms with Crippen LogP contribution >= 0.6 is 0 Å². The smallest absolute Gasteiger partial charge is 0.246 e. The highest BCUT2D eigenvalue weighted by molar-refractivity contribution is 7.88. The van der Waals surface area contributed by atoms with Gasteiger partial charge in [0.25, 0.3) is 0 Å². The summed E-state index contributed by atoms with van der Waals surface area (Å²) >= 11 is 0. The van der Waals surface area contributed by atoms with E-state index in [2.05, 4.69) is 4.72 Å². The van der Waals surface area contributed by atoms with Crippen LogP contribution in [0.15, 0.2) is 30.3 Å². The van der Waals surface area contributed by atoms with Crippen LogP contribution in [0.2, 0.25) is 0 Å². The first-order chi connectivity index (χ1) is 10.8. The number of benzene rings is 1. The normalized spacial score (nSPS) is 19.2. The van der Waals surface area contributed by atoms with Crippen LogP contribution in [-0.4, -0.2) is 44.6 Å². The molecule has 2 rings (SSSR count). The van der Waals surface area contributed by atoms with Crippen LogP contribution in [-0.2, 0) is 14.8 Å². The van der Waals surface area contributed by atoms with Gasteiger partial charge in [-0.25, -0.2) is 17.5 Å². The van der Waals surface area contributed by atoms with Crippen molar-refractivity contribution in [3.63, 3.8) is 0 Å². The van der Waals surface area contributed by atoms with Gasteiger partial charge in [-0.05, 0) is 43.0 Å². The van der Waals surface area contributed by atoms with Crippen LogP contribution < -0.4 is 4.72 Å². The van der Waals surface area contributed by atoms with Crippen molar-refractivity contribution in [1.82, 2.24) is 9.62 Å². The summed E-state index contributed by atoms with van der Waals surface area (Å²) in [7, 11) is -3.27. The molecule has 1 saturated heterocycles. The molecule has 1 atom stereocenters. The topological polar surface area (TPSA) is 66.5 Å². The summed E-state index contributed by atoms with van der Waals surface area (Å²) in [4.78, 5) is 14.1. The number of hydrogen-bond donors (Lipinski definition) is 1. The number of likely N-dealkylation sites (tertiary alicyclic amines) is 1. The first-order valence-electron chi connectivity index (χ1n) is 7.54. The van der Waals surface area contributed by atoms with Crippen molar-refractivity contribution < 1.29 is 17.6 Å². The number of rotatable bonds is 5. The zero-order valence-corrected chi connectivity index (χ0v) is 13.9. The van der Waals surface area contributed by atoms with Crippen LogP contribution in [0.1, 0.15) is 24.8 Å². The molecule has 0 aromatic heterocycles. The van der Waals surface area contributed by atoms with E-state index < -0.39 is 10.0 Å². The van der Waals surface area contributed by atoms with E-state index in [4.69, 9.17) is 0 Å². The molecule has 5 nitrogen and oxygen atoms in total. The molecule has 1 fully saturated rings. The van der Waals surface area contributed by atoms with Crippen LogP contribution in [0.25, 0.3) is 6.08 Å². The van der Waals surface area contributed by atoms with Gasteiger partial charge in [0, 0.05) is 25.2 Å². The summed E-state index contributed by atoms with van der Waals surface area (Å²) in [6.07, 6.45) is 6.85. The molecule has 23 heavy (non-hydrogen) atoms.